The van der Waals surface area contributed by atoms with E-state index in [1.54, 1.807) is 6.92 Å². The summed E-state index contributed by atoms with van der Waals surface area (Å²) in [4.78, 5) is 23.1. The fourth-order valence-electron chi connectivity index (χ4n) is 1.23. The van der Waals surface area contributed by atoms with Crippen molar-refractivity contribution >= 4 is 11.9 Å². The van der Waals surface area contributed by atoms with Crippen LogP contribution >= 0.6 is 0 Å². The Balaban J connectivity index is 4.20. The van der Waals surface area contributed by atoms with E-state index < -0.39 is 24.1 Å². The number of rotatable bonds is 9. The van der Waals surface area contributed by atoms with Gasteiger partial charge in [0.25, 0.3) is 0 Å². The molecule has 0 saturated carbocycles. The Morgan fingerprint density at radius 2 is 1.89 bits per heavy atom. The third kappa shape index (κ3) is 6.56. The molecule has 0 fully saturated rings. The summed E-state index contributed by atoms with van der Waals surface area (Å²) in [5.41, 5.74) is 0. The molecule has 18 heavy (non-hydrogen) atoms. The second kappa shape index (κ2) is 9.85. The molecule has 0 aromatic rings. The predicted octanol–water partition coefficient (Wildman–Crippen LogP) is 0.600. The van der Waals surface area contributed by atoms with Crippen molar-refractivity contribution < 1.29 is 29.3 Å². The number of unbranched alkanes of at least 4 members (excludes halogenated alkanes) is 1. The molecule has 6 heteroatoms. The minimum absolute atomic E-state index is 0.0763. The molecule has 2 N–H and O–H groups in total. The quantitative estimate of drug-likeness (QED) is 0.273. The SMILES string of the molecule is CCCCOC(=O)C(CC)C(=O)OC(O)CCO. The first-order chi connectivity index (χ1) is 8.56. The predicted molar refractivity (Wildman–Crippen MR) is 63.4 cm³/mol. The standard InChI is InChI=1S/C12H22O6/c1-3-5-8-17-11(15)9(4-2)12(16)18-10(14)6-7-13/h9-10,13-14H,3-8H2,1-2H3. The van der Waals surface area contributed by atoms with Gasteiger partial charge in [0.1, 0.15) is 0 Å². The first-order valence-corrected chi connectivity index (χ1v) is 6.22. The Labute approximate surface area is 107 Å². The van der Waals surface area contributed by atoms with Gasteiger partial charge in [-0.15, -0.1) is 0 Å². The number of aliphatic hydroxyl groups is 2. The molecule has 0 spiro atoms. The summed E-state index contributed by atoms with van der Waals surface area (Å²) in [6.45, 7) is 3.60. The van der Waals surface area contributed by atoms with Crippen LogP contribution in [0.25, 0.3) is 0 Å². The Hall–Kier alpha value is -1.14. The molecule has 0 bridgehead atoms. The van der Waals surface area contributed by atoms with Gasteiger partial charge in [-0.2, -0.15) is 0 Å². The molecule has 0 radical (unpaired) electrons. The monoisotopic (exact) mass is 262 g/mol. The van der Waals surface area contributed by atoms with Gasteiger partial charge in [-0.05, 0) is 12.8 Å². The van der Waals surface area contributed by atoms with Crippen LogP contribution in [0, 0.1) is 5.92 Å². The fourth-order valence-corrected chi connectivity index (χ4v) is 1.23. The van der Waals surface area contributed by atoms with E-state index in [1.165, 1.54) is 0 Å². The summed E-state index contributed by atoms with van der Waals surface area (Å²) >= 11 is 0. The lowest BCUT2D eigenvalue weighted by atomic mass is 10.1. The Morgan fingerprint density at radius 3 is 2.39 bits per heavy atom. The molecule has 0 aliphatic heterocycles. The maximum atomic E-state index is 11.6. The second-order valence-electron chi connectivity index (χ2n) is 3.89. The fraction of sp³-hybridized carbons (Fsp3) is 0.833. The van der Waals surface area contributed by atoms with Crippen molar-refractivity contribution in [2.45, 2.75) is 45.8 Å². The zero-order valence-electron chi connectivity index (χ0n) is 10.9. The average Bonchev–Trinajstić information content (AvgIpc) is 2.30. The molecule has 6 nitrogen and oxygen atoms in total. The van der Waals surface area contributed by atoms with Crippen LogP contribution in [0.2, 0.25) is 0 Å². The molecular formula is C12H22O6. The van der Waals surface area contributed by atoms with Crippen molar-refractivity contribution in [3.05, 3.63) is 0 Å². The first kappa shape index (κ1) is 16.9. The molecule has 0 aromatic carbocycles. The molecule has 0 aliphatic carbocycles. The smallest absolute Gasteiger partial charge is 0.322 e. The number of hydrogen-bond acceptors (Lipinski definition) is 6. The van der Waals surface area contributed by atoms with Crippen LogP contribution in [-0.2, 0) is 19.1 Å². The number of esters is 2. The molecule has 106 valence electrons. The van der Waals surface area contributed by atoms with Crippen molar-refractivity contribution in [2.75, 3.05) is 13.2 Å². The van der Waals surface area contributed by atoms with Gasteiger partial charge >= 0.3 is 11.9 Å². The Kier molecular flexibility index (Phi) is 9.22. The van der Waals surface area contributed by atoms with Crippen LogP contribution in [0.15, 0.2) is 0 Å². The van der Waals surface area contributed by atoms with Gasteiger partial charge < -0.3 is 19.7 Å². The number of ether oxygens (including phenoxy) is 2. The van der Waals surface area contributed by atoms with Crippen LogP contribution < -0.4 is 0 Å². The van der Waals surface area contributed by atoms with Crippen LogP contribution in [0.4, 0.5) is 0 Å². The maximum absolute atomic E-state index is 11.6. The minimum atomic E-state index is -1.39. The number of carbonyl (C=O) groups excluding carboxylic acids is 2. The lowest BCUT2D eigenvalue weighted by Crippen LogP contribution is -2.31. The van der Waals surface area contributed by atoms with Crippen LogP contribution in [-0.4, -0.2) is 41.7 Å². The molecule has 0 saturated heterocycles. The van der Waals surface area contributed by atoms with Crippen LogP contribution in [0.5, 0.6) is 0 Å². The van der Waals surface area contributed by atoms with Gasteiger partial charge in [-0.25, -0.2) is 0 Å². The first-order valence-electron chi connectivity index (χ1n) is 6.22. The van der Waals surface area contributed by atoms with Crippen LogP contribution in [0.1, 0.15) is 39.5 Å². The van der Waals surface area contributed by atoms with E-state index in [-0.39, 0.29) is 26.1 Å². The third-order valence-electron chi connectivity index (χ3n) is 2.35. The Morgan fingerprint density at radius 1 is 1.22 bits per heavy atom. The van der Waals surface area contributed by atoms with Gasteiger partial charge in [-0.1, -0.05) is 20.3 Å². The highest BCUT2D eigenvalue weighted by atomic mass is 16.6. The van der Waals surface area contributed by atoms with E-state index in [4.69, 9.17) is 9.84 Å². The number of carbonyl (C=O) groups is 2. The van der Waals surface area contributed by atoms with Gasteiger partial charge in [0.2, 0.25) is 6.29 Å². The van der Waals surface area contributed by atoms with E-state index in [0.717, 1.165) is 12.8 Å². The summed E-state index contributed by atoms with van der Waals surface area (Å²) < 4.78 is 9.55. The summed E-state index contributed by atoms with van der Waals surface area (Å²) in [6.07, 6.45) is 0.413. The molecule has 0 amide bonds. The molecule has 0 heterocycles. The highest BCUT2D eigenvalue weighted by molar-refractivity contribution is 5.94. The van der Waals surface area contributed by atoms with Crippen molar-refractivity contribution in [3.8, 4) is 0 Å². The maximum Gasteiger partial charge on any atom is 0.322 e. The number of hydrogen-bond donors (Lipinski definition) is 2. The highest BCUT2D eigenvalue weighted by Gasteiger charge is 2.29. The van der Waals surface area contributed by atoms with Crippen molar-refractivity contribution in [1.82, 2.24) is 0 Å². The lowest BCUT2D eigenvalue weighted by molar-refractivity contribution is -0.180. The van der Waals surface area contributed by atoms with Crippen molar-refractivity contribution in [3.63, 3.8) is 0 Å². The highest BCUT2D eigenvalue weighted by Crippen LogP contribution is 2.10. The molecular weight excluding hydrogens is 240 g/mol. The lowest BCUT2D eigenvalue weighted by Gasteiger charge is -2.16. The molecule has 2 atom stereocenters. The number of aliphatic hydroxyl groups excluding tert-OH is 2. The second-order valence-corrected chi connectivity index (χ2v) is 3.89. The van der Waals surface area contributed by atoms with Crippen molar-refractivity contribution in [1.29, 1.82) is 0 Å². The van der Waals surface area contributed by atoms with Gasteiger partial charge in [0.05, 0.1) is 6.61 Å². The molecule has 0 aliphatic rings. The third-order valence-corrected chi connectivity index (χ3v) is 2.35. The summed E-state index contributed by atoms with van der Waals surface area (Å²) in [5.74, 6) is -2.47. The van der Waals surface area contributed by atoms with Crippen LogP contribution in [0.3, 0.4) is 0 Å². The summed E-state index contributed by atoms with van der Waals surface area (Å²) in [7, 11) is 0. The zero-order valence-corrected chi connectivity index (χ0v) is 10.9. The van der Waals surface area contributed by atoms with Gasteiger partial charge in [0, 0.05) is 13.0 Å². The molecule has 2 unspecified atom stereocenters. The van der Waals surface area contributed by atoms with E-state index in [0.29, 0.717) is 0 Å². The van der Waals surface area contributed by atoms with Gasteiger partial charge in [-0.3, -0.25) is 9.59 Å². The Bertz CT molecular complexity index is 253. The van der Waals surface area contributed by atoms with Gasteiger partial charge in [0.15, 0.2) is 5.92 Å². The minimum Gasteiger partial charge on any atom is -0.465 e. The van der Waals surface area contributed by atoms with E-state index in [2.05, 4.69) is 4.74 Å². The largest absolute Gasteiger partial charge is 0.465 e. The van der Waals surface area contributed by atoms with Crippen molar-refractivity contribution in [2.24, 2.45) is 5.92 Å². The summed E-state index contributed by atoms with van der Waals surface area (Å²) in [6, 6.07) is 0. The molecule has 0 rings (SSSR count). The van der Waals surface area contributed by atoms with E-state index >= 15 is 0 Å². The zero-order chi connectivity index (χ0) is 14.0. The normalized spacial score (nSPS) is 13.8. The topological polar surface area (TPSA) is 93.1 Å². The van der Waals surface area contributed by atoms with E-state index in [9.17, 15) is 14.7 Å². The van der Waals surface area contributed by atoms with E-state index in [1.807, 2.05) is 6.92 Å². The summed E-state index contributed by atoms with van der Waals surface area (Å²) in [5, 5.41) is 17.8. The molecule has 0 aromatic heterocycles. The average molecular weight is 262 g/mol.